The number of rotatable bonds is 19. The first-order valence-corrected chi connectivity index (χ1v) is 18.9. The van der Waals surface area contributed by atoms with Gasteiger partial charge in [0, 0.05) is 24.9 Å². The van der Waals surface area contributed by atoms with Crippen molar-refractivity contribution in [3.8, 4) is 5.95 Å². The van der Waals surface area contributed by atoms with E-state index in [1.165, 1.54) is 11.0 Å². The lowest BCUT2D eigenvalue weighted by Crippen LogP contribution is -2.57. The Kier molecular flexibility index (Phi) is 13.6. The van der Waals surface area contributed by atoms with Crippen LogP contribution in [0.3, 0.4) is 0 Å². The van der Waals surface area contributed by atoms with Gasteiger partial charge in [-0.2, -0.15) is 0 Å². The number of likely N-dealkylation sites (tertiary alicyclic amines) is 1. The second-order valence-electron chi connectivity index (χ2n) is 15.0. The van der Waals surface area contributed by atoms with Gasteiger partial charge in [0.2, 0.25) is 23.6 Å². The molecule has 2 fully saturated rings. The molecule has 5 rings (SSSR count). The molecule has 2 unspecified atom stereocenters. The molecular weight excluding hydrogens is 706 g/mol. The zero-order chi connectivity index (χ0) is 39.7. The van der Waals surface area contributed by atoms with Crippen LogP contribution in [0.4, 0.5) is 0 Å². The van der Waals surface area contributed by atoms with Gasteiger partial charge >= 0.3 is 11.9 Å². The number of carbonyl (C=O) groups is 6. The molecule has 294 valence electrons. The van der Waals surface area contributed by atoms with Crippen LogP contribution >= 0.6 is 0 Å². The molecule has 14 nitrogen and oxygen atoms in total. The minimum absolute atomic E-state index is 0.102. The summed E-state index contributed by atoms with van der Waals surface area (Å²) in [6.07, 6.45) is 1.39. The number of aromatic nitrogens is 1. The van der Waals surface area contributed by atoms with Gasteiger partial charge in [0.1, 0.15) is 23.7 Å². The van der Waals surface area contributed by atoms with Gasteiger partial charge in [-0.1, -0.05) is 86.6 Å². The second-order valence-corrected chi connectivity index (χ2v) is 15.0. The molecule has 0 spiro atoms. The number of nitrogens with zero attached hydrogens (tertiary/aromatic N) is 2. The summed E-state index contributed by atoms with van der Waals surface area (Å²) in [4.78, 5) is 82.1. The van der Waals surface area contributed by atoms with Gasteiger partial charge in [-0.3, -0.25) is 28.8 Å². The zero-order valence-corrected chi connectivity index (χ0v) is 32.0. The molecule has 0 bridgehead atoms. The molecule has 2 aliphatic rings. The maximum Gasteiger partial charge on any atom is 0.319 e. The summed E-state index contributed by atoms with van der Waals surface area (Å²) >= 11 is 0. The molecule has 0 radical (unpaired) electrons. The first kappa shape index (κ1) is 40.8. The van der Waals surface area contributed by atoms with Gasteiger partial charge in [-0.05, 0) is 56.6 Å². The van der Waals surface area contributed by atoms with Crippen molar-refractivity contribution in [1.82, 2.24) is 26.0 Å². The third-order valence-corrected chi connectivity index (χ3v) is 9.87. The summed E-state index contributed by atoms with van der Waals surface area (Å²) in [5.74, 6) is -2.75. The number of nitrogens with one attached hydrogen (secondary N) is 3. The van der Waals surface area contributed by atoms with Crippen LogP contribution in [0.15, 0.2) is 71.3 Å². The van der Waals surface area contributed by atoms with E-state index in [1.807, 2.05) is 81.4 Å². The summed E-state index contributed by atoms with van der Waals surface area (Å²) in [5, 5.41) is 12.4. The number of hydrogen-bond acceptors (Lipinski definition) is 10. The van der Waals surface area contributed by atoms with Crippen LogP contribution in [0.2, 0.25) is 0 Å². The lowest BCUT2D eigenvalue weighted by Gasteiger charge is -2.33. The molecule has 1 aromatic heterocycles. The number of ether oxygens (including phenoxy) is 2. The fourth-order valence-electron chi connectivity index (χ4n) is 6.79. The maximum atomic E-state index is 14.2. The maximum absolute atomic E-state index is 14.2. The highest BCUT2D eigenvalue weighted by atomic mass is 16.6. The van der Waals surface area contributed by atoms with Gasteiger partial charge < -0.3 is 34.8 Å². The zero-order valence-electron chi connectivity index (χ0n) is 32.0. The van der Waals surface area contributed by atoms with Crippen molar-refractivity contribution in [1.29, 1.82) is 0 Å². The number of ketones is 1. The van der Waals surface area contributed by atoms with Crippen LogP contribution in [0.25, 0.3) is 0 Å². The van der Waals surface area contributed by atoms with Gasteiger partial charge in [-0.25, -0.2) is 0 Å². The summed E-state index contributed by atoms with van der Waals surface area (Å²) < 4.78 is 15.4. The number of epoxide rings is 1. The Morgan fingerprint density at radius 1 is 0.964 bits per heavy atom. The normalized spacial score (nSPS) is 20.7. The van der Waals surface area contributed by atoms with Crippen molar-refractivity contribution in [2.24, 2.45) is 5.92 Å². The molecular formula is C41H51N5O9. The molecule has 2 saturated heterocycles. The molecule has 2 aliphatic heterocycles. The number of hydrogen-bond donors (Lipinski definition) is 3. The average molecular weight is 758 g/mol. The molecule has 2 aromatic carbocycles. The predicted molar refractivity (Wildman–Crippen MR) is 200 cm³/mol. The summed E-state index contributed by atoms with van der Waals surface area (Å²) in [6, 6.07) is 15.9. The predicted octanol–water partition coefficient (Wildman–Crippen LogP) is 3.26. The lowest BCUT2D eigenvalue weighted by atomic mass is 9.92. The minimum Gasteiger partial charge on any atom is -0.391 e. The average Bonchev–Trinajstić information content (AvgIpc) is 3.67. The third kappa shape index (κ3) is 11.1. The third-order valence-electron chi connectivity index (χ3n) is 9.87. The minimum atomic E-state index is -1.02. The van der Waals surface area contributed by atoms with Crippen molar-refractivity contribution < 1.29 is 42.8 Å². The molecule has 0 saturated carbocycles. The standard InChI is InChI=1S/C41H51N5O9/c1-6-35(48)54-36-23-29(45-55-36)22-34(47)42-30(18-17-27-13-9-7-10-14-27)38(50)44-32-20-26(4)46(40(32)52)33(21-28-15-11-8-12-16-28)39(51)43-31(19-25(2)3)37(49)41(5)24-53-41/h7-16,23,25-26,30-33H,6,17-22,24H2,1-5H3,(H,42,47)(H,43,51)(H,44,50)/t26?,30-,31-,32-,33-,41?/m0/s1. The first-order chi connectivity index (χ1) is 26.3. The van der Waals surface area contributed by atoms with E-state index in [9.17, 15) is 28.8 Å². The van der Waals surface area contributed by atoms with Crippen LogP contribution in [-0.4, -0.2) is 87.9 Å². The Morgan fingerprint density at radius 3 is 2.24 bits per heavy atom. The largest absolute Gasteiger partial charge is 0.391 e. The SMILES string of the molecule is CCC(=O)Oc1cc(CC(=O)N[C@@H](CCc2ccccc2)C(=O)N[C@H]2CC(C)N([C@@H](Cc3ccccc3)C(=O)N[C@@H](CC(C)C)C(=O)C3(C)CO3)C2=O)no1. The molecule has 3 N–H and O–H groups in total. The second kappa shape index (κ2) is 18.3. The van der Waals surface area contributed by atoms with Gasteiger partial charge in [0.25, 0.3) is 0 Å². The van der Waals surface area contributed by atoms with Gasteiger partial charge in [-0.15, -0.1) is 0 Å². The first-order valence-electron chi connectivity index (χ1n) is 18.9. The van der Waals surface area contributed by atoms with Crippen molar-refractivity contribution in [3.05, 3.63) is 83.6 Å². The number of amides is 4. The van der Waals surface area contributed by atoms with Crippen molar-refractivity contribution >= 4 is 35.4 Å². The van der Waals surface area contributed by atoms with Crippen molar-refractivity contribution in [3.63, 3.8) is 0 Å². The Hall–Kier alpha value is -5.37. The van der Waals surface area contributed by atoms with E-state index in [4.69, 9.17) is 14.0 Å². The van der Waals surface area contributed by atoms with Crippen LogP contribution in [0, 0.1) is 5.92 Å². The number of aryl methyl sites for hydroxylation is 1. The highest BCUT2D eigenvalue weighted by molar-refractivity contribution is 5.99. The molecule has 0 aliphatic carbocycles. The number of carbonyl (C=O) groups excluding carboxylic acids is 6. The van der Waals surface area contributed by atoms with E-state index in [2.05, 4.69) is 21.1 Å². The quantitative estimate of drug-likeness (QED) is 0.121. The molecule has 3 heterocycles. The highest BCUT2D eigenvalue weighted by Gasteiger charge is 2.51. The van der Waals surface area contributed by atoms with E-state index in [-0.39, 0.29) is 62.1 Å². The van der Waals surface area contributed by atoms with Crippen LogP contribution < -0.4 is 20.7 Å². The van der Waals surface area contributed by atoms with E-state index in [0.717, 1.165) is 11.1 Å². The Bertz CT molecular complexity index is 1830. The fraction of sp³-hybridized carbons (Fsp3) is 0.488. The van der Waals surface area contributed by atoms with E-state index in [1.54, 1.807) is 13.8 Å². The summed E-state index contributed by atoms with van der Waals surface area (Å²) in [5.41, 5.74) is 1.04. The number of Topliss-reactive ketones (excluding diaryl/α,β-unsaturated/α-hetero) is 1. The molecule has 4 amide bonds. The monoisotopic (exact) mass is 757 g/mol. The van der Waals surface area contributed by atoms with E-state index in [0.29, 0.717) is 12.8 Å². The van der Waals surface area contributed by atoms with E-state index >= 15 is 0 Å². The van der Waals surface area contributed by atoms with Crippen LogP contribution in [0.5, 0.6) is 5.95 Å². The van der Waals surface area contributed by atoms with Gasteiger partial charge in [0.15, 0.2) is 5.78 Å². The summed E-state index contributed by atoms with van der Waals surface area (Å²) in [6.45, 7) is 9.39. The smallest absolute Gasteiger partial charge is 0.319 e. The fourth-order valence-corrected chi connectivity index (χ4v) is 6.79. The van der Waals surface area contributed by atoms with Gasteiger partial charge in [0.05, 0.1) is 24.8 Å². The topological polar surface area (TPSA) is 190 Å². The van der Waals surface area contributed by atoms with Crippen molar-refractivity contribution in [2.75, 3.05) is 6.61 Å². The molecule has 14 heteroatoms. The molecule has 55 heavy (non-hydrogen) atoms. The van der Waals surface area contributed by atoms with E-state index < -0.39 is 65.4 Å². The number of esters is 1. The summed E-state index contributed by atoms with van der Waals surface area (Å²) in [7, 11) is 0. The Balaban J connectivity index is 1.31. The van der Waals surface area contributed by atoms with Crippen molar-refractivity contribution in [2.45, 2.75) is 115 Å². The highest BCUT2D eigenvalue weighted by Crippen LogP contribution is 2.30. The molecule has 3 aromatic rings. The lowest BCUT2D eigenvalue weighted by molar-refractivity contribution is -0.142. The molecule has 6 atom stereocenters. The number of benzene rings is 2. The van der Waals surface area contributed by atoms with Crippen LogP contribution in [-0.2, 0) is 52.8 Å². The Morgan fingerprint density at radius 2 is 1.62 bits per heavy atom. The van der Waals surface area contributed by atoms with Crippen LogP contribution in [0.1, 0.15) is 77.1 Å². The Labute approximate surface area is 321 Å².